The van der Waals surface area contributed by atoms with Crippen molar-refractivity contribution in [3.8, 4) is 5.75 Å². The lowest BCUT2D eigenvalue weighted by molar-refractivity contribution is -0.114. The molecule has 0 aliphatic carbocycles. The van der Waals surface area contributed by atoms with E-state index in [9.17, 15) is 18.0 Å². The van der Waals surface area contributed by atoms with Crippen molar-refractivity contribution in [3.63, 3.8) is 0 Å². The van der Waals surface area contributed by atoms with E-state index in [2.05, 4.69) is 0 Å². The van der Waals surface area contributed by atoms with Crippen LogP contribution in [-0.2, 0) is 21.4 Å². The lowest BCUT2D eigenvalue weighted by Gasteiger charge is -2.24. The maximum absolute atomic E-state index is 13.5. The number of hydrogen-bond acceptors (Lipinski definition) is 5. The lowest BCUT2D eigenvalue weighted by atomic mass is 10.1. The van der Waals surface area contributed by atoms with Crippen molar-refractivity contribution in [1.82, 2.24) is 4.31 Å². The molecule has 2 aliphatic heterocycles. The third-order valence-electron chi connectivity index (χ3n) is 6.29. The second kappa shape index (κ2) is 9.45. The van der Waals surface area contributed by atoms with Gasteiger partial charge in [-0.15, -0.1) is 0 Å². The largest absolute Gasteiger partial charge is 0.492 e. The Morgan fingerprint density at radius 1 is 0.971 bits per heavy atom. The number of amides is 1. The van der Waals surface area contributed by atoms with E-state index < -0.39 is 21.7 Å². The number of carbonyl (C=O) groups excluding carboxylic acids is 2. The number of benzene rings is 3. The van der Waals surface area contributed by atoms with Crippen molar-refractivity contribution in [2.45, 2.75) is 30.3 Å². The fourth-order valence-corrected chi connectivity index (χ4v) is 6.47. The molecule has 0 aromatic heterocycles. The van der Waals surface area contributed by atoms with Gasteiger partial charge in [0.05, 0.1) is 28.7 Å². The van der Waals surface area contributed by atoms with Crippen molar-refractivity contribution in [2.75, 3.05) is 18.1 Å². The van der Waals surface area contributed by atoms with Crippen LogP contribution in [0.15, 0.2) is 77.7 Å². The number of ether oxygens (including phenoxy) is 1. The van der Waals surface area contributed by atoms with Crippen LogP contribution in [0, 0.1) is 0 Å². The van der Waals surface area contributed by atoms with Gasteiger partial charge in [0, 0.05) is 11.6 Å². The third kappa shape index (κ3) is 4.57. The molecule has 9 heteroatoms. The Bertz CT molecular complexity index is 1390. The minimum atomic E-state index is -3.88. The quantitative estimate of drug-likeness (QED) is 0.442. The highest BCUT2D eigenvalue weighted by atomic mass is 35.5. The molecule has 3 aromatic rings. The molecule has 1 atom stereocenters. The summed E-state index contributed by atoms with van der Waals surface area (Å²) in [5.41, 5.74) is 1.25. The summed E-state index contributed by atoms with van der Waals surface area (Å²) < 4.78 is 34.2. The Labute approximate surface area is 208 Å². The number of carbonyl (C=O) groups is 2. The number of nitrogens with zero attached hydrogens (tertiary/aromatic N) is 2. The van der Waals surface area contributed by atoms with E-state index in [0.29, 0.717) is 29.4 Å². The molecule has 3 aromatic carbocycles. The fourth-order valence-electron chi connectivity index (χ4n) is 4.55. The van der Waals surface area contributed by atoms with Gasteiger partial charge in [0.15, 0.2) is 0 Å². The van der Waals surface area contributed by atoms with Crippen molar-refractivity contribution >= 4 is 39.0 Å². The number of rotatable bonds is 7. The van der Waals surface area contributed by atoms with Gasteiger partial charge in [0.2, 0.25) is 10.0 Å². The molecule has 1 fully saturated rings. The maximum Gasteiger partial charge on any atom is 0.299 e. The highest BCUT2D eigenvalue weighted by Crippen LogP contribution is 2.35. The number of fused-ring (bicyclic) bond motifs is 1. The Morgan fingerprint density at radius 2 is 1.77 bits per heavy atom. The van der Waals surface area contributed by atoms with Crippen LogP contribution >= 0.6 is 11.6 Å². The van der Waals surface area contributed by atoms with Crippen molar-refractivity contribution < 1.29 is 22.7 Å². The number of anilines is 1. The summed E-state index contributed by atoms with van der Waals surface area (Å²) in [6, 6.07) is 20.3. The van der Waals surface area contributed by atoms with Crippen LogP contribution in [0.5, 0.6) is 5.75 Å². The first kappa shape index (κ1) is 23.5. The van der Waals surface area contributed by atoms with E-state index >= 15 is 0 Å². The van der Waals surface area contributed by atoms with E-state index in [1.165, 1.54) is 27.4 Å². The number of ketones is 1. The number of Topliss-reactive ketones (excluding diaryl/α,β-unsaturated/α-hetero) is 1. The third-order valence-corrected chi connectivity index (χ3v) is 8.47. The monoisotopic (exact) mass is 510 g/mol. The fraction of sp³-hybridized carbons (Fsp3) is 0.231. The maximum atomic E-state index is 13.5. The molecule has 0 unspecified atom stereocenters. The number of hydrogen-bond donors (Lipinski definition) is 0. The molecule has 180 valence electrons. The van der Waals surface area contributed by atoms with Crippen LogP contribution in [0.4, 0.5) is 5.69 Å². The Hall–Kier alpha value is -3.20. The average Bonchev–Trinajstić information content (AvgIpc) is 3.43. The predicted octanol–water partition coefficient (Wildman–Crippen LogP) is 4.30. The standard InChI is InChI=1S/C26H23ClN2O5S/c27-19-7-4-6-18(14-19)16-28-24-12-11-22(15-23(24)25(30)26(28)31)35(32,33)29-13-5-8-20(29)17-34-21-9-2-1-3-10-21/h1-4,6-7,9-12,14-15,20H,5,8,13,16-17H2/t20-/m0/s1. The summed E-state index contributed by atoms with van der Waals surface area (Å²) in [7, 11) is -3.88. The molecule has 0 spiro atoms. The van der Waals surface area contributed by atoms with Crippen molar-refractivity contribution in [3.05, 3.63) is 88.9 Å². The first-order chi connectivity index (χ1) is 16.8. The van der Waals surface area contributed by atoms with Gasteiger partial charge in [-0.25, -0.2) is 8.42 Å². The molecular formula is C26H23ClN2O5S. The van der Waals surface area contributed by atoms with Gasteiger partial charge in [-0.3, -0.25) is 9.59 Å². The molecule has 1 saturated heterocycles. The number of para-hydroxylation sites is 1. The molecule has 0 radical (unpaired) electrons. The van der Waals surface area contributed by atoms with E-state index in [0.717, 1.165) is 12.0 Å². The van der Waals surface area contributed by atoms with Gasteiger partial charge < -0.3 is 9.64 Å². The average molecular weight is 511 g/mol. The summed E-state index contributed by atoms with van der Waals surface area (Å²) in [6.45, 7) is 0.768. The Morgan fingerprint density at radius 3 is 2.54 bits per heavy atom. The zero-order chi connectivity index (χ0) is 24.6. The van der Waals surface area contributed by atoms with E-state index in [1.807, 2.05) is 36.4 Å². The first-order valence-electron chi connectivity index (χ1n) is 11.3. The predicted molar refractivity (Wildman–Crippen MR) is 132 cm³/mol. The zero-order valence-corrected chi connectivity index (χ0v) is 20.3. The Balaban J connectivity index is 1.38. The van der Waals surface area contributed by atoms with E-state index in [-0.39, 0.29) is 29.7 Å². The summed E-state index contributed by atoms with van der Waals surface area (Å²) in [4.78, 5) is 26.8. The SMILES string of the molecule is O=C1C(=O)N(Cc2cccc(Cl)c2)c2ccc(S(=O)(=O)N3CCC[C@H]3COc3ccccc3)cc21. The molecule has 7 nitrogen and oxygen atoms in total. The van der Waals surface area contributed by atoms with Gasteiger partial charge in [0.25, 0.3) is 11.7 Å². The molecule has 2 heterocycles. The number of halogens is 1. The van der Waals surface area contributed by atoms with Crippen LogP contribution < -0.4 is 9.64 Å². The summed E-state index contributed by atoms with van der Waals surface area (Å²) in [6.07, 6.45) is 1.40. The van der Waals surface area contributed by atoms with Crippen molar-refractivity contribution in [1.29, 1.82) is 0 Å². The first-order valence-corrected chi connectivity index (χ1v) is 13.1. The van der Waals surface area contributed by atoms with Crippen LogP contribution in [0.1, 0.15) is 28.8 Å². The molecule has 2 aliphatic rings. The smallest absolute Gasteiger partial charge is 0.299 e. The summed E-state index contributed by atoms with van der Waals surface area (Å²) >= 11 is 6.05. The van der Waals surface area contributed by atoms with Crippen LogP contribution in [0.2, 0.25) is 5.02 Å². The highest BCUT2D eigenvalue weighted by molar-refractivity contribution is 7.89. The molecular weight excluding hydrogens is 488 g/mol. The second-order valence-corrected chi connectivity index (χ2v) is 10.9. The van der Waals surface area contributed by atoms with E-state index in [4.69, 9.17) is 16.3 Å². The molecule has 0 N–H and O–H groups in total. The summed E-state index contributed by atoms with van der Waals surface area (Å²) in [5.74, 6) is -0.729. The topological polar surface area (TPSA) is 84.0 Å². The number of sulfonamides is 1. The van der Waals surface area contributed by atoms with Gasteiger partial charge in [-0.2, -0.15) is 4.31 Å². The summed E-state index contributed by atoms with van der Waals surface area (Å²) in [5, 5.41) is 0.526. The highest BCUT2D eigenvalue weighted by Gasteiger charge is 2.40. The van der Waals surface area contributed by atoms with Gasteiger partial charge in [-0.05, 0) is 60.9 Å². The van der Waals surface area contributed by atoms with Crippen LogP contribution in [-0.4, -0.2) is 43.6 Å². The van der Waals surface area contributed by atoms with Gasteiger partial charge in [-0.1, -0.05) is 41.9 Å². The second-order valence-electron chi connectivity index (χ2n) is 8.57. The van der Waals surface area contributed by atoms with Gasteiger partial charge >= 0.3 is 0 Å². The molecule has 1 amide bonds. The van der Waals surface area contributed by atoms with Crippen molar-refractivity contribution in [2.24, 2.45) is 0 Å². The molecule has 0 saturated carbocycles. The minimum absolute atomic E-state index is 0.00591. The molecule has 0 bridgehead atoms. The minimum Gasteiger partial charge on any atom is -0.492 e. The van der Waals surface area contributed by atoms with Gasteiger partial charge in [0.1, 0.15) is 12.4 Å². The van der Waals surface area contributed by atoms with E-state index in [1.54, 1.807) is 18.2 Å². The van der Waals surface area contributed by atoms with Crippen LogP contribution in [0.3, 0.4) is 0 Å². The van der Waals surface area contributed by atoms with Crippen LogP contribution in [0.25, 0.3) is 0 Å². The lowest BCUT2D eigenvalue weighted by Crippen LogP contribution is -2.39. The zero-order valence-electron chi connectivity index (χ0n) is 18.8. The molecule has 5 rings (SSSR count). The normalized spacial score (nSPS) is 18.2. The molecule has 35 heavy (non-hydrogen) atoms. The Kier molecular flexibility index (Phi) is 6.35.